The lowest BCUT2D eigenvalue weighted by molar-refractivity contribution is 0.281. The second kappa shape index (κ2) is 4.66. The minimum atomic E-state index is -0.0225. The van der Waals surface area contributed by atoms with Crippen molar-refractivity contribution in [2.45, 2.75) is 13.5 Å². The minimum Gasteiger partial charge on any atom is -0.439 e. The monoisotopic (exact) mass is 256 g/mol. The van der Waals surface area contributed by atoms with E-state index in [4.69, 9.17) is 9.84 Å². The molecule has 0 fully saturated rings. The molecule has 6 heteroatoms. The fourth-order valence-electron chi connectivity index (χ4n) is 1.80. The number of aromatic nitrogens is 4. The Morgan fingerprint density at radius 1 is 1.32 bits per heavy atom. The zero-order valence-electron chi connectivity index (χ0n) is 10.3. The molecular formula is C13H12N4O2. The fourth-order valence-corrected chi connectivity index (χ4v) is 1.80. The molecule has 0 unspecified atom stereocenters. The first-order chi connectivity index (χ1) is 9.26. The highest BCUT2D eigenvalue weighted by Gasteiger charge is 2.07. The second-order valence-corrected chi connectivity index (χ2v) is 4.12. The molecule has 0 atom stereocenters. The van der Waals surface area contributed by atoms with E-state index >= 15 is 0 Å². The zero-order chi connectivity index (χ0) is 13.2. The molecule has 3 rings (SSSR count). The quantitative estimate of drug-likeness (QED) is 0.772. The first kappa shape index (κ1) is 11.6. The zero-order valence-corrected chi connectivity index (χ0v) is 10.3. The Bertz CT molecular complexity index is 723. The summed E-state index contributed by atoms with van der Waals surface area (Å²) in [7, 11) is 0. The topological polar surface area (TPSA) is 72.5 Å². The lowest BCUT2D eigenvalue weighted by Gasteiger charge is -2.08. The summed E-state index contributed by atoms with van der Waals surface area (Å²) in [5, 5.41) is 13.2. The molecule has 96 valence electrons. The van der Waals surface area contributed by atoms with Crippen LogP contribution in [0.3, 0.4) is 0 Å². The molecule has 1 aromatic carbocycles. The second-order valence-electron chi connectivity index (χ2n) is 4.12. The number of aryl methyl sites for hydroxylation is 1. The Morgan fingerprint density at radius 2 is 2.21 bits per heavy atom. The fraction of sp³-hybridized carbons (Fsp3) is 0.154. The van der Waals surface area contributed by atoms with Crippen LogP contribution >= 0.6 is 0 Å². The summed E-state index contributed by atoms with van der Waals surface area (Å²) in [6, 6.07) is 9.03. The van der Waals surface area contributed by atoms with Crippen LogP contribution in [-0.2, 0) is 6.61 Å². The summed E-state index contributed by atoms with van der Waals surface area (Å²) in [5.74, 6) is 1.66. The number of hydrogen-bond acceptors (Lipinski definition) is 5. The van der Waals surface area contributed by atoms with E-state index in [0.717, 1.165) is 11.3 Å². The van der Waals surface area contributed by atoms with E-state index in [0.29, 0.717) is 17.4 Å². The van der Waals surface area contributed by atoms with Crippen molar-refractivity contribution >= 4 is 5.78 Å². The van der Waals surface area contributed by atoms with Gasteiger partial charge in [0, 0.05) is 11.8 Å². The summed E-state index contributed by atoms with van der Waals surface area (Å²) >= 11 is 0. The first-order valence-corrected chi connectivity index (χ1v) is 5.81. The first-order valence-electron chi connectivity index (χ1n) is 5.81. The van der Waals surface area contributed by atoms with Crippen molar-refractivity contribution < 1.29 is 9.84 Å². The summed E-state index contributed by atoms with van der Waals surface area (Å²) in [5.41, 5.74) is 1.59. The maximum atomic E-state index is 9.12. The molecule has 0 saturated carbocycles. The van der Waals surface area contributed by atoms with Gasteiger partial charge in [0.25, 0.3) is 5.78 Å². The Morgan fingerprint density at radius 3 is 3.05 bits per heavy atom. The molecule has 0 spiro atoms. The molecule has 6 nitrogen and oxygen atoms in total. The van der Waals surface area contributed by atoms with Crippen molar-refractivity contribution in [1.82, 2.24) is 19.6 Å². The largest absolute Gasteiger partial charge is 0.439 e. The number of fused-ring (bicyclic) bond motifs is 1. The van der Waals surface area contributed by atoms with Gasteiger partial charge >= 0.3 is 0 Å². The third kappa shape index (κ3) is 2.25. The maximum absolute atomic E-state index is 9.12. The van der Waals surface area contributed by atoms with Crippen molar-refractivity contribution in [1.29, 1.82) is 0 Å². The Kier molecular flexibility index (Phi) is 2.85. The summed E-state index contributed by atoms with van der Waals surface area (Å²) in [6.45, 7) is 1.84. The van der Waals surface area contributed by atoms with Crippen LogP contribution in [0.2, 0.25) is 0 Å². The maximum Gasteiger partial charge on any atom is 0.255 e. The van der Waals surface area contributed by atoms with E-state index in [1.165, 1.54) is 10.8 Å². The van der Waals surface area contributed by atoms with Gasteiger partial charge in [-0.05, 0) is 24.6 Å². The molecule has 0 aliphatic rings. The van der Waals surface area contributed by atoms with Crippen molar-refractivity contribution in [2.24, 2.45) is 0 Å². The van der Waals surface area contributed by atoms with Crippen LogP contribution in [0.25, 0.3) is 5.78 Å². The summed E-state index contributed by atoms with van der Waals surface area (Å²) in [6.07, 6.45) is 1.43. The molecule has 0 amide bonds. The lowest BCUT2D eigenvalue weighted by Crippen LogP contribution is -1.99. The van der Waals surface area contributed by atoms with Crippen LogP contribution < -0.4 is 4.74 Å². The van der Waals surface area contributed by atoms with Crippen LogP contribution in [0.4, 0.5) is 0 Å². The molecule has 19 heavy (non-hydrogen) atoms. The van der Waals surface area contributed by atoms with E-state index in [2.05, 4.69) is 15.1 Å². The van der Waals surface area contributed by atoms with E-state index < -0.39 is 0 Å². The lowest BCUT2D eigenvalue weighted by atomic mass is 10.2. The number of ether oxygens (including phenoxy) is 1. The molecular weight excluding hydrogens is 244 g/mol. The number of nitrogens with zero attached hydrogens (tertiary/aromatic N) is 4. The number of aliphatic hydroxyl groups excluding tert-OH is 1. The van der Waals surface area contributed by atoms with E-state index in [-0.39, 0.29) is 6.61 Å². The van der Waals surface area contributed by atoms with Gasteiger partial charge < -0.3 is 9.84 Å². The van der Waals surface area contributed by atoms with Gasteiger partial charge in [-0.25, -0.2) is 4.98 Å². The number of hydrogen-bond donors (Lipinski definition) is 1. The molecule has 1 N–H and O–H groups in total. The minimum absolute atomic E-state index is 0.0225. The third-order valence-corrected chi connectivity index (χ3v) is 2.65. The van der Waals surface area contributed by atoms with Crippen LogP contribution in [0.5, 0.6) is 11.6 Å². The van der Waals surface area contributed by atoms with Gasteiger partial charge in [-0.3, -0.25) is 0 Å². The Balaban J connectivity index is 2.02. The SMILES string of the molecule is Cc1cc(Oc2cccc(CO)c2)n2ncnc2n1. The predicted octanol–water partition coefficient (Wildman–Crippen LogP) is 1.72. The molecule has 3 aromatic rings. The Hall–Kier alpha value is -2.47. The van der Waals surface area contributed by atoms with Crippen molar-refractivity contribution in [3.8, 4) is 11.6 Å². The smallest absolute Gasteiger partial charge is 0.255 e. The molecule has 0 bridgehead atoms. The average molecular weight is 256 g/mol. The van der Waals surface area contributed by atoms with Crippen LogP contribution in [0.1, 0.15) is 11.3 Å². The molecule has 0 radical (unpaired) electrons. The summed E-state index contributed by atoms with van der Waals surface area (Å²) in [4.78, 5) is 8.28. The molecule has 2 heterocycles. The van der Waals surface area contributed by atoms with Gasteiger partial charge in [0.1, 0.15) is 12.1 Å². The number of aliphatic hydroxyl groups is 1. The van der Waals surface area contributed by atoms with Crippen LogP contribution in [-0.4, -0.2) is 24.7 Å². The highest BCUT2D eigenvalue weighted by atomic mass is 16.5. The molecule has 2 aromatic heterocycles. The Labute approximate surface area is 109 Å². The predicted molar refractivity (Wildman–Crippen MR) is 68.0 cm³/mol. The van der Waals surface area contributed by atoms with Crippen molar-refractivity contribution in [3.05, 3.63) is 47.9 Å². The molecule has 0 saturated heterocycles. The van der Waals surface area contributed by atoms with Gasteiger partial charge in [-0.15, -0.1) is 0 Å². The van der Waals surface area contributed by atoms with Gasteiger partial charge in [-0.1, -0.05) is 12.1 Å². The van der Waals surface area contributed by atoms with Gasteiger partial charge in [-0.2, -0.15) is 14.6 Å². The highest BCUT2D eigenvalue weighted by Crippen LogP contribution is 2.22. The summed E-state index contributed by atoms with van der Waals surface area (Å²) < 4.78 is 7.31. The number of benzene rings is 1. The molecule has 0 aliphatic heterocycles. The highest BCUT2D eigenvalue weighted by molar-refractivity contribution is 5.36. The van der Waals surface area contributed by atoms with Crippen molar-refractivity contribution in [2.75, 3.05) is 0 Å². The normalized spacial score (nSPS) is 10.8. The van der Waals surface area contributed by atoms with E-state index in [1.807, 2.05) is 25.1 Å². The molecule has 0 aliphatic carbocycles. The van der Waals surface area contributed by atoms with E-state index in [1.54, 1.807) is 12.1 Å². The van der Waals surface area contributed by atoms with Gasteiger partial charge in [0.2, 0.25) is 5.88 Å². The standard InChI is InChI=1S/C13H12N4O2/c1-9-5-12(17-13(16-9)14-8-15-17)19-11-4-2-3-10(6-11)7-18/h2-6,8,18H,7H2,1H3. The van der Waals surface area contributed by atoms with E-state index in [9.17, 15) is 0 Å². The third-order valence-electron chi connectivity index (χ3n) is 2.65. The van der Waals surface area contributed by atoms with Gasteiger partial charge in [0.05, 0.1) is 6.61 Å². The van der Waals surface area contributed by atoms with Crippen LogP contribution in [0.15, 0.2) is 36.7 Å². The van der Waals surface area contributed by atoms with Crippen LogP contribution in [0, 0.1) is 6.92 Å². The number of rotatable bonds is 3. The van der Waals surface area contributed by atoms with Crippen molar-refractivity contribution in [3.63, 3.8) is 0 Å². The average Bonchev–Trinajstić information content (AvgIpc) is 2.87. The van der Waals surface area contributed by atoms with Gasteiger partial charge in [0.15, 0.2) is 0 Å².